The number of hydrogen-bond acceptors (Lipinski definition) is 4. The number of fused-ring (bicyclic) bond motifs is 1. The lowest BCUT2D eigenvalue weighted by Crippen LogP contribution is -2.53. The molecule has 0 aliphatic carbocycles. The molecular formula is C16H19F3N4. The van der Waals surface area contributed by atoms with Gasteiger partial charge in [-0.3, -0.25) is 4.98 Å². The molecule has 3 rings (SSSR count). The summed E-state index contributed by atoms with van der Waals surface area (Å²) in [5.74, 6) is 0.943. The zero-order chi connectivity index (χ0) is 16.6. The molecule has 0 amide bonds. The van der Waals surface area contributed by atoms with E-state index >= 15 is 0 Å². The summed E-state index contributed by atoms with van der Waals surface area (Å²) in [5.41, 5.74) is -0.559. The van der Waals surface area contributed by atoms with Crippen LogP contribution in [-0.4, -0.2) is 35.6 Å². The van der Waals surface area contributed by atoms with Gasteiger partial charge in [0.1, 0.15) is 11.3 Å². The van der Waals surface area contributed by atoms with E-state index in [1.165, 1.54) is 6.07 Å². The van der Waals surface area contributed by atoms with Gasteiger partial charge in [0.15, 0.2) is 0 Å². The fourth-order valence-corrected chi connectivity index (χ4v) is 2.84. The summed E-state index contributed by atoms with van der Waals surface area (Å²) in [7, 11) is 0. The highest BCUT2D eigenvalue weighted by Gasteiger charge is 2.33. The predicted molar refractivity (Wildman–Crippen MR) is 83.4 cm³/mol. The molecule has 1 fully saturated rings. The molecule has 1 saturated heterocycles. The molecule has 1 aliphatic rings. The number of hydrogen-bond donors (Lipinski definition) is 1. The fourth-order valence-electron chi connectivity index (χ4n) is 2.84. The number of anilines is 1. The lowest BCUT2D eigenvalue weighted by molar-refractivity contribution is -0.136. The molecule has 1 aromatic heterocycles. The van der Waals surface area contributed by atoms with Crippen molar-refractivity contribution in [3.8, 4) is 0 Å². The minimum Gasteiger partial charge on any atom is -0.352 e. The van der Waals surface area contributed by atoms with Crippen molar-refractivity contribution >= 4 is 16.9 Å². The lowest BCUT2D eigenvalue weighted by Gasteiger charge is -2.36. The number of alkyl halides is 3. The molecule has 1 atom stereocenters. The third kappa shape index (κ3) is 3.24. The van der Waals surface area contributed by atoms with Gasteiger partial charge in [-0.15, -0.1) is 0 Å². The van der Waals surface area contributed by atoms with Crippen LogP contribution in [0.25, 0.3) is 11.0 Å². The van der Waals surface area contributed by atoms with Gasteiger partial charge in [0.05, 0.1) is 17.3 Å². The smallest absolute Gasteiger partial charge is 0.352 e. The topological polar surface area (TPSA) is 41.1 Å². The highest BCUT2D eigenvalue weighted by Crippen LogP contribution is 2.34. The standard InChI is InChI=1S/C16H19F3N4/c1-10(2)13-9-23(7-6-20-13)14-8-21-12-5-3-4-11(15(12)22-14)16(17,18)19/h3-5,8,10,13,20H,6-7,9H2,1-2H3. The van der Waals surface area contributed by atoms with E-state index in [1.807, 2.05) is 4.90 Å². The van der Waals surface area contributed by atoms with E-state index < -0.39 is 11.7 Å². The number of para-hydroxylation sites is 1. The summed E-state index contributed by atoms with van der Waals surface area (Å²) in [5, 5.41) is 3.42. The third-order valence-electron chi connectivity index (χ3n) is 4.20. The Morgan fingerprint density at radius 1 is 1.30 bits per heavy atom. The predicted octanol–water partition coefficient (Wildman–Crippen LogP) is 3.08. The molecule has 2 aromatic rings. The first-order chi connectivity index (χ1) is 10.9. The van der Waals surface area contributed by atoms with Crippen LogP contribution in [0.4, 0.5) is 19.0 Å². The molecule has 0 radical (unpaired) electrons. The molecule has 1 aliphatic heterocycles. The maximum absolute atomic E-state index is 13.2. The number of halogens is 3. The first kappa shape index (κ1) is 16.0. The zero-order valence-electron chi connectivity index (χ0n) is 13.1. The molecule has 7 heteroatoms. The van der Waals surface area contributed by atoms with Crippen LogP contribution in [0.3, 0.4) is 0 Å². The first-order valence-corrected chi connectivity index (χ1v) is 7.67. The molecule has 4 nitrogen and oxygen atoms in total. The van der Waals surface area contributed by atoms with Crippen molar-refractivity contribution < 1.29 is 13.2 Å². The van der Waals surface area contributed by atoms with Crippen LogP contribution in [0.5, 0.6) is 0 Å². The van der Waals surface area contributed by atoms with E-state index in [9.17, 15) is 13.2 Å². The maximum Gasteiger partial charge on any atom is 0.418 e. The van der Waals surface area contributed by atoms with E-state index in [0.717, 1.165) is 12.6 Å². The Morgan fingerprint density at radius 2 is 2.09 bits per heavy atom. The van der Waals surface area contributed by atoms with Crippen LogP contribution in [0.1, 0.15) is 19.4 Å². The first-order valence-electron chi connectivity index (χ1n) is 7.67. The van der Waals surface area contributed by atoms with Crippen molar-refractivity contribution in [2.45, 2.75) is 26.1 Å². The second kappa shape index (κ2) is 5.96. The maximum atomic E-state index is 13.2. The van der Waals surface area contributed by atoms with E-state index in [0.29, 0.717) is 30.9 Å². The Hall–Kier alpha value is -1.89. The van der Waals surface area contributed by atoms with Gasteiger partial charge in [-0.25, -0.2) is 4.98 Å². The summed E-state index contributed by atoms with van der Waals surface area (Å²) in [4.78, 5) is 10.5. The lowest BCUT2D eigenvalue weighted by atomic mass is 10.0. The van der Waals surface area contributed by atoms with Crippen molar-refractivity contribution in [1.29, 1.82) is 0 Å². The molecule has 0 spiro atoms. The van der Waals surface area contributed by atoms with Gasteiger partial charge in [-0.1, -0.05) is 19.9 Å². The van der Waals surface area contributed by atoms with Crippen LogP contribution in [-0.2, 0) is 6.18 Å². The van der Waals surface area contributed by atoms with Crippen LogP contribution in [0.15, 0.2) is 24.4 Å². The molecule has 0 bridgehead atoms. The summed E-state index contributed by atoms with van der Waals surface area (Å²) in [6, 6.07) is 4.25. The zero-order valence-corrected chi connectivity index (χ0v) is 13.1. The van der Waals surface area contributed by atoms with Crippen LogP contribution in [0, 0.1) is 5.92 Å². The van der Waals surface area contributed by atoms with Crippen molar-refractivity contribution in [2.24, 2.45) is 5.92 Å². The number of piperazine rings is 1. The van der Waals surface area contributed by atoms with Gasteiger partial charge in [0, 0.05) is 25.7 Å². The van der Waals surface area contributed by atoms with Gasteiger partial charge in [0.2, 0.25) is 0 Å². The van der Waals surface area contributed by atoms with E-state index in [1.54, 1.807) is 12.3 Å². The largest absolute Gasteiger partial charge is 0.418 e. The van der Waals surface area contributed by atoms with E-state index in [-0.39, 0.29) is 11.0 Å². The SMILES string of the molecule is CC(C)C1CN(c2cnc3cccc(C(F)(F)F)c3n2)CCN1. The Bertz CT molecular complexity index is 699. The Kier molecular flexibility index (Phi) is 4.14. The molecule has 124 valence electrons. The number of aromatic nitrogens is 2. The third-order valence-corrected chi connectivity index (χ3v) is 4.20. The summed E-state index contributed by atoms with van der Waals surface area (Å²) in [6.45, 7) is 6.44. The number of rotatable bonds is 2. The normalized spacial score (nSPS) is 19.6. The number of benzene rings is 1. The number of nitrogens with zero attached hydrogens (tertiary/aromatic N) is 3. The van der Waals surface area contributed by atoms with Crippen molar-refractivity contribution in [1.82, 2.24) is 15.3 Å². The number of nitrogens with one attached hydrogen (secondary N) is 1. The molecule has 1 unspecified atom stereocenters. The molecule has 1 N–H and O–H groups in total. The van der Waals surface area contributed by atoms with Gasteiger partial charge < -0.3 is 10.2 Å². The van der Waals surface area contributed by atoms with Crippen LogP contribution < -0.4 is 10.2 Å². The average molecular weight is 324 g/mol. The molecule has 0 saturated carbocycles. The quantitative estimate of drug-likeness (QED) is 0.922. The Morgan fingerprint density at radius 3 is 2.78 bits per heavy atom. The van der Waals surface area contributed by atoms with Gasteiger partial charge in [0.25, 0.3) is 0 Å². The summed E-state index contributed by atoms with van der Waals surface area (Å²) < 4.78 is 39.5. The second-order valence-electron chi connectivity index (χ2n) is 6.15. The van der Waals surface area contributed by atoms with Crippen LogP contribution >= 0.6 is 0 Å². The highest BCUT2D eigenvalue weighted by molar-refractivity contribution is 5.79. The minimum absolute atomic E-state index is 0.0860. The van der Waals surface area contributed by atoms with Crippen molar-refractivity contribution in [3.05, 3.63) is 30.0 Å². The minimum atomic E-state index is -4.43. The molecule has 23 heavy (non-hydrogen) atoms. The summed E-state index contributed by atoms with van der Waals surface area (Å²) >= 11 is 0. The molecule has 1 aromatic carbocycles. The van der Waals surface area contributed by atoms with Gasteiger partial charge >= 0.3 is 6.18 Å². The van der Waals surface area contributed by atoms with E-state index in [2.05, 4.69) is 29.1 Å². The van der Waals surface area contributed by atoms with Crippen molar-refractivity contribution in [3.63, 3.8) is 0 Å². The van der Waals surface area contributed by atoms with Crippen LogP contribution in [0.2, 0.25) is 0 Å². The van der Waals surface area contributed by atoms with E-state index in [4.69, 9.17) is 0 Å². The molecular weight excluding hydrogens is 305 g/mol. The average Bonchev–Trinajstić information content (AvgIpc) is 2.53. The highest BCUT2D eigenvalue weighted by atomic mass is 19.4. The van der Waals surface area contributed by atoms with Gasteiger partial charge in [-0.2, -0.15) is 13.2 Å². The van der Waals surface area contributed by atoms with Crippen molar-refractivity contribution in [2.75, 3.05) is 24.5 Å². The molecule has 2 heterocycles. The second-order valence-corrected chi connectivity index (χ2v) is 6.15. The summed E-state index contributed by atoms with van der Waals surface area (Å²) in [6.07, 6.45) is -2.87. The Balaban J connectivity index is 1.99. The monoisotopic (exact) mass is 324 g/mol. The Labute approximate surface area is 132 Å². The fraction of sp³-hybridized carbons (Fsp3) is 0.500. The van der Waals surface area contributed by atoms with Gasteiger partial charge in [-0.05, 0) is 18.1 Å².